The molecule has 1 unspecified atom stereocenters. The number of rotatable bonds is 3. The lowest BCUT2D eigenvalue weighted by molar-refractivity contribution is -0.191. The van der Waals surface area contributed by atoms with Gasteiger partial charge in [-0.2, -0.15) is 18.4 Å². The standard InChI is InChI=1S/C10H9F3N2O/c11-10(12,13)9(6-15)16-8-3-1-7(5-14)2-4-8/h1-4,9H,6,15H2. The minimum atomic E-state index is -4.50. The first-order valence-corrected chi connectivity index (χ1v) is 4.41. The number of alkyl halides is 3. The molecule has 1 atom stereocenters. The molecule has 0 fully saturated rings. The van der Waals surface area contributed by atoms with Crippen molar-refractivity contribution in [3.8, 4) is 11.8 Å². The molecule has 0 heterocycles. The summed E-state index contributed by atoms with van der Waals surface area (Å²) in [6, 6.07) is 7.19. The minimum absolute atomic E-state index is 0.0341. The van der Waals surface area contributed by atoms with Crippen LogP contribution in [0.2, 0.25) is 0 Å². The van der Waals surface area contributed by atoms with E-state index in [0.29, 0.717) is 5.56 Å². The van der Waals surface area contributed by atoms with E-state index in [4.69, 9.17) is 11.0 Å². The van der Waals surface area contributed by atoms with E-state index in [0.717, 1.165) is 0 Å². The number of nitrogens with zero attached hydrogens (tertiary/aromatic N) is 1. The highest BCUT2D eigenvalue weighted by atomic mass is 19.4. The Morgan fingerprint density at radius 3 is 2.25 bits per heavy atom. The molecule has 86 valence electrons. The van der Waals surface area contributed by atoms with Crippen molar-refractivity contribution in [1.29, 1.82) is 5.26 Å². The van der Waals surface area contributed by atoms with E-state index >= 15 is 0 Å². The molecule has 0 spiro atoms. The van der Waals surface area contributed by atoms with Crippen LogP contribution in [0, 0.1) is 11.3 Å². The van der Waals surface area contributed by atoms with Crippen LogP contribution in [0.5, 0.6) is 5.75 Å². The zero-order chi connectivity index (χ0) is 12.2. The number of benzene rings is 1. The summed E-state index contributed by atoms with van der Waals surface area (Å²) in [5.74, 6) is 0.0341. The normalized spacial score (nSPS) is 12.9. The molecule has 0 saturated heterocycles. The smallest absolute Gasteiger partial charge is 0.426 e. The van der Waals surface area contributed by atoms with Gasteiger partial charge in [0.15, 0.2) is 0 Å². The van der Waals surface area contributed by atoms with Gasteiger partial charge in [0.1, 0.15) is 5.75 Å². The van der Waals surface area contributed by atoms with E-state index in [1.54, 1.807) is 0 Å². The molecular formula is C10H9F3N2O. The van der Waals surface area contributed by atoms with Crippen molar-refractivity contribution in [2.75, 3.05) is 6.54 Å². The summed E-state index contributed by atoms with van der Waals surface area (Å²) in [6.45, 7) is -0.649. The quantitative estimate of drug-likeness (QED) is 0.861. The fraction of sp³-hybridized carbons (Fsp3) is 0.300. The summed E-state index contributed by atoms with van der Waals surface area (Å²) in [6.07, 6.45) is -6.52. The number of hydrogen-bond acceptors (Lipinski definition) is 3. The van der Waals surface area contributed by atoms with Crippen molar-refractivity contribution in [2.45, 2.75) is 12.3 Å². The van der Waals surface area contributed by atoms with Gasteiger partial charge in [0.25, 0.3) is 0 Å². The molecule has 0 saturated carbocycles. The maximum Gasteiger partial charge on any atom is 0.426 e. The molecule has 0 amide bonds. The summed E-state index contributed by atoms with van der Waals surface area (Å²) in [5, 5.41) is 8.49. The van der Waals surface area contributed by atoms with Crippen LogP contribution in [0.3, 0.4) is 0 Å². The first-order chi connectivity index (χ1) is 7.47. The molecule has 1 aromatic carbocycles. The molecular weight excluding hydrogens is 221 g/mol. The van der Waals surface area contributed by atoms with E-state index in [9.17, 15) is 13.2 Å². The summed E-state index contributed by atoms with van der Waals surface area (Å²) in [7, 11) is 0. The van der Waals surface area contributed by atoms with Gasteiger partial charge in [-0.25, -0.2) is 0 Å². The number of nitriles is 1. The molecule has 0 aliphatic carbocycles. The van der Waals surface area contributed by atoms with Crippen LogP contribution >= 0.6 is 0 Å². The third-order valence-electron chi connectivity index (χ3n) is 1.84. The van der Waals surface area contributed by atoms with E-state index in [2.05, 4.69) is 4.74 Å². The molecule has 0 aromatic heterocycles. The Morgan fingerprint density at radius 1 is 1.31 bits per heavy atom. The van der Waals surface area contributed by atoms with Crippen molar-refractivity contribution in [1.82, 2.24) is 0 Å². The summed E-state index contributed by atoms with van der Waals surface area (Å²) in [4.78, 5) is 0. The van der Waals surface area contributed by atoms with E-state index in [1.807, 2.05) is 6.07 Å². The third-order valence-corrected chi connectivity index (χ3v) is 1.84. The Balaban J connectivity index is 2.76. The minimum Gasteiger partial charge on any atom is -0.480 e. The van der Waals surface area contributed by atoms with Crippen LogP contribution in [0.15, 0.2) is 24.3 Å². The number of ether oxygens (including phenoxy) is 1. The number of nitrogens with two attached hydrogens (primary N) is 1. The second-order valence-corrected chi connectivity index (χ2v) is 3.02. The van der Waals surface area contributed by atoms with Gasteiger partial charge < -0.3 is 10.5 Å². The van der Waals surface area contributed by atoms with E-state index < -0.39 is 18.8 Å². The Kier molecular flexibility index (Phi) is 3.74. The summed E-state index contributed by atoms with van der Waals surface area (Å²) >= 11 is 0. The molecule has 2 N–H and O–H groups in total. The first kappa shape index (κ1) is 12.3. The lowest BCUT2D eigenvalue weighted by Gasteiger charge is -2.19. The summed E-state index contributed by atoms with van der Waals surface area (Å²) < 4.78 is 41.6. The molecule has 0 bridgehead atoms. The van der Waals surface area contributed by atoms with Crippen LogP contribution in [0.4, 0.5) is 13.2 Å². The fourth-order valence-electron chi connectivity index (χ4n) is 1.02. The number of hydrogen-bond donors (Lipinski definition) is 1. The monoisotopic (exact) mass is 230 g/mol. The molecule has 0 aliphatic heterocycles. The Labute approximate surface area is 90.2 Å². The predicted octanol–water partition coefficient (Wildman–Crippen LogP) is 1.83. The topological polar surface area (TPSA) is 59.0 Å². The van der Waals surface area contributed by atoms with Gasteiger partial charge in [-0.15, -0.1) is 0 Å². The second-order valence-electron chi connectivity index (χ2n) is 3.02. The molecule has 1 aromatic rings. The van der Waals surface area contributed by atoms with Gasteiger partial charge in [0, 0.05) is 6.54 Å². The molecule has 1 rings (SSSR count). The van der Waals surface area contributed by atoms with Gasteiger partial charge in [-0.05, 0) is 24.3 Å². The zero-order valence-corrected chi connectivity index (χ0v) is 8.16. The van der Waals surface area contributed by atoms with Crippen LogP contribution in [0.1, 0.15) is 5.56 Å². The lowest BCUT2D eigenvalue weighted by Crippen LogP contribution is -2.40. The van der Waals surface area contributed by atoms with Crippen molar-refractivity contribution in [2.24, 2.45) is 5.73 Å². The van der Waals surface area contributed by atoms with Crippen molar-refractivity contribution in [3.63, 3.8) is 0 Å². The molecule has 0 radical (unpaired) electrons. The SMILES string of the molecule is N#Cc1ccc(OC(CN)C(F)(F)F)cc1. The second kappa shape index (κ2) is 4.86. The highest BCUT2D eigenvalue weighted by Gasteiger charge is 2.40. The van der Waals surface area contributed by atoms with Gasteiger partial charge in [-0.1, -0.05) is 0 Å². The lowest BCUT2D eigenvalue weighted by atomic mass is 10.2. The van der Waals surface area contributed by atoms with Crippen molar-refractivity contribution < 1.29 is 17.9 Å². The largest absolute Gasteiger partial charge is 0.480 e. The Morgan fingerprint density at radius 2 is 1.88 bits per heavy atom. The Bertz CT molecular complexity index is 381. The first-order valence-electron chi connectivity index (χ1n) is 4.41. The molecule has 0 aliphatic rings. The maximum absolute atomic E-state index is 12.3. The average Bonchev–Trinajstić information content (AvgIpc) is 2.25. The Hall–Kier alpha value is -1.74. The van der Waals surface area contributed by atoms with E-state index in [-0.39, 0.29) is 5.75 Å². The van der Waals surface area contributed by atoms with Gasteiger partial charge in [0.05, 0.1) is 11.6 Å². The molecule has 3 nitrogen and oxygen atoms in total. The maximum atomic E-state index is 12.3. The van der Waals surface area contributed by atoms with Gasteiger partial charge >= 0.3 is 6.18 Å². The third kappa shape index (κ3) is 3.14. The fourth-order valence-corrected chi connectivity index (χ4v) is 1.02. The van der Waals surface area contributed by atoms with Crippen LogP contribution in [-0.2, 0) is 0 Å². The highest BCUT2D eigenvalue weighted by molar-refractivity contribution is 5.34. The van der Waals surface area contributed by atoms with Gasteiger partial charge in [0.2, 0.25) is 6.10 Å². The molecule has 6 heteroatoms. The zero-order valence-electron chi connectivity index (χ0n) is 8.16. The van der Waals surface area contributed by atoms with Gasteiger partial charge in [-0.3, -0.25) is 0 Å². The number of halogens is 3. The predicted molar refractivity (Wildman–Crippen MR) is 50.7 cm³/mol. The van der Waals surface area contributed by atoms with E-state index in [1.165, 1.54) is 24.3 Å². The highest BCUT2D eigenvalue weighted by Crippen LogP contribution is 2.24. The van der Waals surface area contributed by atoms with Crippen LogP contribution in [0.25, 0.3) is 0 Å². The molecule has 16 heavy (non-hydrogen) atoms. The van der Waals surface area contributed by atoms with Crippen LogP contribution in [-0.4, -0.2) is 18.8 Å². The average molecular weight is 230 g/mol. The van der Waals surface area contributed by atoms with Crippen molar-refractivity contribution in [3.05, 3.63) is 29.8 Å². The summed E-state index contributed by atoms with van der Waals surface area (Å²) in [5.41, 5.74) is 5.32. The van der Waals surface area contributed by atoms with Crippen molar-refractivity contribution >= 4 is 0 Å². The van der Waals surface area contributed by atoms with Crippen LogP contribution < -0.4 is 10.5 Å².